The highest BCUT2D eigenvalue weighted by molar-refractivity contribution is 6.42. The molecule has 3 aromatic rings. The van der Waals surface area contributed by atoms with Crippen LogP contribution in [0.4, 0.5) is 0 Å². The summed E-state index contributed by atoms with van der Waals surface area (Å²) in [5.74, 6) is 0. The summed E-state index contributed by atoms with van der Waals surface area (Å²) in [6.45, 7) is 1.96. The van der Waals surface area contributed by atoms with E-state index < -0.39 is 0 Å². The SMILES string of the molecule is Cc1nn2c(Cl)c3c(nc2c1-c1ccc(Cl)c(Cl)c1)CCCC3. The molecule has 1 aliphatic rings. The van der Waals surface area contributed by atoms with Crippen LogP contribution in [0.25, 0.3) is 16.8 Å². The van der Waals surface area contributed by atoms with Crippen LogP contribution in [-0.4, -0.2) is 14.6 Å². The highest BCUT2D eigenvalue weighted by atomic mass is 35.5. The first-order valence-corrected chi connectivity index (χ1v) is 8.71. The molecule has 2 heterocycles. The van der Waals surface area contributed by atoms with Gasteiger partial charge in [0, 0.05) is 16.8 Å². The van der Waals surface area contributed by atoms with Gasteiger partial charge >= 0.3 is 0 Å². The number of halogens is 3. The molecule has 4 rings (SSSR count). The van der Waals surface area contributed by atoms with Crippen LogP contribution in [0.3, 0.4) is 0 Å². The lowest BCUT2D eigenvalue weighted by molar-refractivity contribution is 0.660. The molecule has 3 nitrogen and oxygen atoms in total. The molecule has 2 aromatic heterocycles. The zero-order valence-electron chi connectivity index (χ0n) is 12.5. The molecule has 118 valence electrons. The third-order valence-corrected chi connectivity index (χ3v) is 5.49. The molecular formula is C17H14Cl3N3. The number of rotatable bonds is 1. The lowest BCUT2D eigenvalue weighted by atomic mass is 9.97. The van der Waals surface area contributed by atoms with Crippen LogP contribution in [0.1, 0.15) is 29.8 Å². The average Bonchev–Trinajstić information content (AvgIpc) is 2.87. The largest absolute Gasteiger partial charge is 0.233 e. The third kappa shape index (κ3) is 2.42. The first-order chi connectivity index (χ1) is 11.1. The number of nitrogens with zero attached hydrogens (tertiary/aromatic N) is 3. The van der Waals surface area contributed by atoms with E-state index in [0.717, 1.165) is 59.4 Å². The van der Waals surface area contributed by atoms with Gasteiger partial charge in [0.25, 0.3) is 0 Å². The van der Waals surface area contributed by atoms with Gasteiger partial charge in [-0.25, -0.2) is 9.50 Å². The molecule has 0 bridgehead atoms. The van der Waals surface area contributed by atoms with E-state index in [1.54, 1.807) is 10.6 Å². The minimum atomic E-state index is 0.520. The summed E-state index contributed by atoms with van der Waals surface area (Å²) < 4.78 is 1.75. The van der Waals surface area contributed by atoms with E-state index in [9.17, 15) is 0 Å². The van der Waals surface area contributed by atoms with Crippen molar-refractivity contribution in [1.82, 2.24) is 14.6 Å². The van der Waals surface area contributed by atoms with Crippen molar-refractivity contribution < 1.29 is 0 Å². The molecule has 23 heavy (non-hydrogen) atoms. The molecule has 1 aromatic carbocycles. The Morgan fingerprint density at radius 3 is 2.61 bits per heavy atom. The van der Waals surface area contributed by atoms with E-state index in [1.807, 2.05) is 19.1 Å². The fraction of sp³-hybridized carbons (Fsp3) is 0.294. The molecule has 0 fully saturated rings. The Morgan fingerprint density at radius 2 is 1.83 bits per heavy atom. The van der Waals surface area contributed by atoms with E-state index in [0.29, 0.717) is 15.2 Å². The number of fused-ring (bicyclic) bond motifs is 2. The molecule has 0 atom stereocenters. The Bertz CT molecular complexity index is 931. The number of hydrogen-bond acceptors (Lipinski definition) is 2. The predicted molar refractivity (Wildman–Crippen MR) is 94.8 cm³/mol. The second kappa shape index (κ2) is 5.66. The standard InChI is InChI=1S/C17H14Cl3N3/c1-9-15(10-6-7-12(18)13(19)8-10)17-21-14-5-3-2-4-11(14)16(20)23(17)22-9/h6-8H,2-5H2,1H3. The second-order valence-electron chi connectivity index (χ2n) is 5.86. The summed E-state index contributed by atoms with van der Waals surface area (Å²) in [4.78, 5) is 4.87. The molecule has 0 saturated heterocycles. The smallest absolute Gasteiger partial charge is 0.165 e. The molecule has 0 N–H and O–H groups in total. The van der Waals surface area contributed by atoms with Crippen LogP contribution in [0.15, 0.2) is 18.2 Å². The van der Waals surface area contributed by atoms with Gasteiger partial charge in [0.05, 0.1) is 15.7 Å². The monoisotopic (exact) mass is 365 g/mol. The van der Waals surface area contributed by atoms with Gasteiger partial charge in [-0.1, -0.05) is 40.9 Å². The molecule has 6 heteroatoms. The zero-order chi connectivity index (χ0) is 16.1. The zero-order valence-corrected chi connectivity index (χ0v) is 14.8. The molecular weight excluding hydrogens is 353 g/mol. The number of aromatic nitrogens is 3. The third-order valence-electron chi connectivity index (χ3n) is 4.36. The van der Waals surface area contributed by atoms with Crippen LogP contribution in [0, 0.1) is 6.92 Å². The maximum absolute atomic E-state index is 6.60. The highest BCUT2D eigenvalue weighted by Gasteiger charge is 2.22. The van der Waals surface area contributed by atoms with Crippen molar-refractivity contribution in [2.45, 2.75) is 32.6 Å². The number of benzene rings is 1. The highest BCUT2D eigenvalue weighted by Crippen LogP contribution is 2.35. The topological polar surface area (TPSA) is 30.2 Å². The molecule has 0 radical (unpaired) electrons. The van der Waals surface area contributed by atoms with Gasteiger partial charge in [-0.3, -0.25) is 0 Å². The Morgan fingerprint density at radius 1 is 1.04 bits per heavy atom. The summed E-state index contributed by atoms with van der Waals surface area (Å²) in [6, 6.07) is 5.58. The molecule has 0 amide bonds. The van der Waals surface area contributed by atoms with Crippen LogP contribution in [0.5, 0.6) is 0 Å². The molecule has 0 unspecified atom stereocenters. The van der Waals surface area contributed by atoms with Gasteiger partial charge in [-0.2, -0.15) is 5.10 Å². The quantitative estimate of drug-likeness (QED) is 0.529. The van der Waals surface area contributed by atoms with Gasteiger partial charge in [0.15, 0.2) is 5.65 Å². The van der Waals surface area contributed by atoms with Crippen LogP contribution >= 0.6 is 34.8 Å². The predicted octanol–water partition coefficient (Wildman–Crippen LogP) is 5.54. The number of aryl methyl sites for hydroxylation is 2. The molecule has 0 saturated carbocycles. The fourth-order valence-corrected chi connectivity index (χ4v) is 3.85. The van der Waals surface area contributed by atoms with Crippen LogP contribution in [-0.2, 0) is 12.8 Å². The van der Waals surface area contributed by atoms with E-state index in [1.165, 1.54) is 0 Å². The van der Waals surface area contributed by atoms with Crippen molar-refractivity contribution in [2.24, 2.45) is 0 Å². The minimum Gasteiger partial charge on any atom is -0.233 e. The van der Waals surface area contributed by atoms with Crippen molar-refractivity contribution in [3.63, 3.8) is 0 Å². The van der Waals surface area contributed by atoms with Gasteiger partial charge < -0.3 is 0 Å². The summed E-state index contributed by atoms with van der Waals surface area (Å²) >= 11 is 18.8. The van der Waals surface area contributed by atoms with Gasteiger partial charge in [-0.05, 0) is 50.3 Å². The second-order valence-corrected chi connectivity index (χ2v) is 7.03. The lowest BCUT2D eigenvalue weighted by Crippen LogP contribution is -2.10. The summed E-state index contributed by atoms with van der Waals surface area (Å²) in [7, 11) is 0. The van der Waals surface area contributed by atoms with E-state index in [4.69, 9.17) is 39.8 Å². The van der Waals surface area contributed by atoms with Crippen LogP contribution in [0.2, 0.25) is 15.2 Å². The van der Waals surface area contributed by atoms with Gasteiger partial charge in [-0.15, -0.1) is 0 Å². The maximum atomic E-state index is 6.60. The van der Waals surface area contributed by atoms with Crippen molar-refractivity contribution in [1.29, 1.82) is 0 Å². The Hall–Kier alpha value is -1.29. The summed E-state index contributed by atoms with van der Waals surface area (Å²) in [6.07, 6.45) is 4.25. The van der Waals surface area contributed by atoms with Gasteiger partial charge in [0.1, 0.15) is 5.15 Å². The Balaban J connectivity index is 2.01. The van der Waals surface area contributed by atoms with Gasteiger partial charge in [0.2, 0.25) is 0 Å². The van der Waals surface area contributed by atoms with E-state index in [-0.39, 0.29) is 0 Å². The molecule has 0 spiro atoms. The minimum absolute atomic E-state index is 0.520. The normalized spacial score (nSPS) is 14.3. The lowest BCUT2D eigenvalue weighted by Gasteiger charge is -2.16. The fourth-order valence-electron chi connectivity index (χ4n) is 3.24. The summed E-state index contributed by atoms with van der Waals surface area (Å²) in [5.41, 5.74) is 5.79. The summed E-state index contributed by atoms with van der Waals surface area (Å²) in [5, 5.41) is 6.33. The first-order valence-electron chi connectivity index (χ1n) is 7.58. The first kappa shape index (κ1) is 15.3. The van der Waals surface area contributed by atoms with E-state index in [2.05, 4.69) is 5.10 Å². The van der Waals surface area contributed by atoms with Crippen molar-refractivity contribution in [3.05, 3.63) is 50.3 Å². The maximum Gasteiger partial charge on any atom is 0.165 e. The Kier molecular flexibility index (Phi) is 3.75. The van der Waals surface area contributed by atoms with Crippen molar-refractivity contribution in [3.8, 4) is 11.1 Å². The molecule has 0 aliphatic heterocycles. The molecule has 1 aliphatic carbocycles. The van der Waals surface area contributed by atoms with Crippen molar-refractivity contribution in [2.75, 3.05) is 0 Å². The Labute approximate surface area is 149 Å². The van der Waals surface area contributed by atoms with Crippen LogP contribution < -0.4 is 0 Å². The average molecular weight is 367 g/mol. The number of hydrogen-bond donors (Lipinski definition) is 0. The van der Waals surface area contributed by atoms with Crippen molar-refractivity contribution >= 4 is 40.4 Å². The van der Waals surface area contributed by atoms with E-state index >= 15 is 0 Å².